The van der Waals surface area contributed by atoms with Gasteiger partial charge in [-0.3, -0.25) is 4.79 Å². The second-order valence-corrected chi connectivity index (χ2v) is 5.44. The number of rotatable bonds is 3. The molecule has 0 aromatic carbocycles. The Labute approximate surface area is 128 Å². The van der Waals surface area contributed by atoms with Gasteiger partial charge in [-0.05, 0) is 32.8 Å². The summed E-state index contributed by atoms with van der Waals surface area (Å²) in [6, 6.07) is 3.65. The van der Waals surface area contributed by atoms with Gasteiger partial charge in [0.1, 0.15) is 17.4 Å². The molecule has 1 aliphatic heterocycles. The average molecular weight is 302 g/mol. The minimum absolute atomic E-state index is 0.0676. The summed E-state index contributed by atoms with van der Waals surface area (Å²) in [4.78, 5) is 14.2. The number of aryl methyl sites for hydroxylation is 2. The number of ether oxygens (including phenoxy) is 1. The van der Waals surface area contributed by atoms with Crippen molar-refractivity contribution in [2.24, 2.45) is 0 Å². The van der Waals surface area contributed by atoms with Gasteiger partial charge >= 0.3 is 0 Å². The second-order valence-electron chi connectivity index (χ2n) is 5.44. The van der Waals surface area contributed by atoms with Crippen LogP contribution in [0.25, 0.3) is 0 Å². The zero-order valence-electron chi connectivity index (χ0n) is 12.7. The monoisotopic (exact) mass is 302 g/mol. The standard InChI is InChI=1S/C15H18N4O3/c1-10-5-6-14(18-17-10)21-12-4-3-7-19(9-12)15(20)13-8-16-22-11(13)2/h5-6,8,12H,3-4,7,9H2,1-2H3/t12-/m1/s1. The third-order valence-electron chi connectivity index (χ3n) is 3.71. The maximum Gasteiger partial charge on any atom is 0.259 e. The maximum absolute atomic E-state index is 12.5. The first-order valence-corrected chi connectivity index (χ1v) is 7.31. The van der Waals surface area contributed by atoms with Crippen LogP contribution in [0.15, 0.2) is 22.9 Å². The van der Waals surface area contributed by atoms with Gasteiger partial charge in [-0.1, -0.05) is 5.16 Å². The first-order chi connectivity index (χ1) is 10.6. The van der Waals surface area contributed by atoms with Gasteiger partial charge in [0.25, 0.3) is 5.91 Å². The van der Waals surface area contributed by atoms with E-state index >= 15 is 0 Å². The maximum atomic E-state index is 12.5. The molecule has 3 rings (SSSR count). The predicted octanol–water partition coefficient (Wildman–Crippen LogP) is 1.77. The van der Waals surface area contributed by atoms with E-state index in [2.05, 4.69) is 15.4 Å². The van der Waals surface area contributed by atoms with Gasteiger partial charge in [0.2, 0.25) is 5.88 Å². The lowest BCUT2D eigenvalue weighted by atomic mass is 10.1. The van der Waals surface area contributed by atoms with Crippen molar-refractivity contribution in [1.29, 1.82) is 0 Å². The van der Waals surface area contributed by atoms with Crippen molar-refractivity contribution >= 4 is 5.91 Å². The first-order valence-electron chi connectivity index (χ1n) is 7.31. The number of hydrogen-bond donors (Lipinski definition) is 0. The molecule has 22 heavy (non-hydrogen) atoms. The summed E-state index contributed by atoms with van der Waals surface area (Å²) in [6.45, 7) is 4.85. The average Bonchev–Trinajstić information content (AvgIpc) is 2.95. The minimum atomic E-state index is -0.0742. The second kappa shape index (κ2) is 6.13. The number of carbonyl (C=O) groups is 1. The topological polar surface area (TPSA) is 81.4 Å². The molecule has 0 unspecified atom stereocenters. The van der Waals surface area contributed by atoms with E-state index in [1.54, 1.807) is 17.9 Å². The van der Waals surface area contributed by atoms with Crippen molar-refractivity contribution in [3.05, 3.63) is 35.3 Å². The lowest BCUT2D eigenvalue weighted by Crippen LogP contribution is -2.44. The summed E-state index contributed by atoms with van der Waals surface area (Å²) >= 11 is 0. The number of piperidine rings is 1. The smallest absolute Gasteiger partial charge is 0.259 e. The molecule has 3 heterocycles. The zero-order chi connectivity index (χ0) is 15.5. The van der Waals surface area contributed by atoms with Crippen LogP contribution >= 0.6 is 0 Å². The number of nitrogens with zero attached hydrogens (tertiary/aromatic N) is 4. The third-order valence-corrected chi connectivity index (χ3v) is 3.71. The molecule has 7 nitrogen and oxygen atoms in total. The molecule has 1 amide bonds. The van der Waals surface area contributed by atoms with Gasteiger partial charge in [-0.2, -0.15) is 5.10 Å². The van der Waals surface area contributed by atoms with Gasteiger partial charge in [0, 0.05) is 12.6 Å². The number of likely N-dealkylation sites (tertiary alicyclic amines) is 1. The van der Waals surface area contributed by atoms with Gasteiger partial charge in [-0.15, -0.1) is 5.10 Å². The highest BCUT2D eigenvalue weighted by Crippen LogP contribution is 2.19. The molecule has 2 aromatic heterocycles. The fourth-order valence-corrected chi connectivity index (χ4v) is 2.51. The molecule has 0 radical (unpaired) electrons. The molecular formula is C15H18N4O3. The number of hydrogen-bond acceptors (Lipinski definition) is 6. The predicted molar refractivity (Wildman–Crippen MR) is 77.6 cm³/mol. The molecule has 1 atom stereocenters. The van der Waals surface area contributed by atoms with E-state index in [0.717, 1.165) is 18.5 Å². The molecule has 7 heteroatoms. The van der Waals surface area contributed by atoms with Crippen LogP contribution in [0.1, 0.15) is 34.7 Å². The highest BCUT2D eigenvalue weighted by Gasteiger charge is 2.27. The Morgan fingerprint density at radius 3 is 2.91 bits per heavy atom. The summed E-state index contributed by atoms with van der Waals surface area (Å²) in [5.74, 6) is 0.963. The summed E-state index contributed by atoms with van der Waals surface area (Å²) in [7, 11) is 0. The van der Waals surface area contributed by atoms with E-state index in [4.69, 9.17) is 9.26 Å². The molecule has 0 aliphatic carbocycles. The summed E-state index contributed by atoms with van der Waals surface area (Å²) in [6.07, 6.45) is 3.17. The Hall–Kier alpha value is -2.44. The van der Waals surface area contributed by atoms with Crippen LogP contribution in [0.5, 0.6) is 5.88 Å². The van der Waals surface area contributed by atoms with Crippen molar-refractivity contribution < 1.29 is 14.1 Å². The quantitative estimate of drug-likeness (QED) is 0.859. The molecule has 0 saturated carbocycles. The largest absolute Gasteiger partial charge is 0.471 e. The van der Waals surface area contributed by atoms with Gasteiger partial charge in [0.15, 0.2) is 0 Å². The van der Waals surface area contributed by atoms with Crippen molar-refractivity contribution in [3.63, 3.8) is 0 Å². The SMILES string of the molecule is Cc1ccc(O[C@@H]2CCCN(C(=O)c3cnoc3C)C2)nn1. The number of amides is 1. The Morgan fingerprint density at radius 1 is 1.36 bits per heavy atom. The normalized spacial score (nSPS) is 18.3. The van der Waals surface area contributed by atoms with Crippen LogP contribution in [0.3, 0.4) is 0 Å². The molecule has 2 aromatic rings. The third kappa shape index (κ3) is 3.08. The molecular weight excluding hydrogens is 284 g/mol. The van der Waals surface area contributed by atoms with Crippen molar-refractivity contribution in [2.45, 2.75) is 32.8 Å². The Bertz CT molecular complexity index is 653. The van der Waals surface area contributed by atoms with Crippen molar-refractivity contribution in [3.8, 4) is 5.88 Å². The van der Waals surface area contributed by atoms with Crippen LogP contribution in [0.2, 0.25) is 0 Å². The van der Waals surface area contributed by atoms with E-state index in [9.17, 15) is 4.79 Å². The van der Waals surface area contributed by atoms with E-state index in [0.29, 0.717) is 30.3 Å². The van der Waals surface area contributed by atoms with E-state index in [-0.39, 0.29) is 12.0 Å². The molecule has 0 spiro atoms. The molecule has 1 fully saturated rings. The fraction of sp³-hybridized carbons (Fsp3) is 0.467. The Morgan fingerprint density at radius 2 is 2.23 bits per heavy atom. The molecule has 1 saturated heterocycles. The van der Waals surface area contributed by atoms with Crippen LogP contribution in [-0.4, -0.2) is 45.4 Å². The van der Waals surface area contributed by atoms with Gasteiger partial charge in [0.05, 0.1) is 18.4 Å². The van der Waals surface area contributed by atoms with Crippen LogP contribution in [0, 0.1) is 13.8 Å². The highest BCUT2D eigenvalue weighted by atomic mass is 16.5. The lowest BCUT2D eigenvalue weighted by Gasteiger charge is -2.32. The van der Waals surface area contributed by atoms with Crippen LogP contribution < -0.4 is 4.74 Å². The van der Waals surface area contributed by atoms with Crippen LogP contribution in [-0.2, 0) is 0 Å². The van der Waals surface area contributed by atoms with Crippen molar-refractivity contribution in [2.75, 3.05) is 13.1 Å². The lowest BCUT2D eigenvalue weighted by molar-refractivity contribution is 0.0524. The summed E-state index contributed by atoms with van der Waals surface area (Å²) < 4.78 is 10.8. The van der Waals surface area contributed by atoms with E-state index < -0.39 is 0 Å². The summed E-state index contributed by atoms with van der Waals surface area (Å²) in [5.41, 5.74) is 1.35. The van der Waals surface area contributed by atoms with Gasteiger partial charge < -0.3 is 14.2 Å². The molecule has 0 N–H and O–H groups in total. The molecule has 0 bridgehead atoms. The fourth-order valence-electron chi connectivity index (χ4n) is 2.51. The van der Waals surface area contributed by atoms with E-state index in [1.807, 2.05) is 13.0 Å². The highest BCUT2D eigenvalue weighted by molar-refractivity contribution is 5.94. The number of carbonyl (C=O) groups excluding carboxylic acids is 1. The van der Waals surface area contributed by atoms with Gasteiger partial charge in [-0.25, -0.2) is 0 Å². The zero-order valence-corrected chi connectivity index (χ0v) is 12.7. The first kappa shape index (κ1) is 14.5. The Kier molecular flexibility index (Phi) is 4.04. The molecule has 116 valence electrons. The summed E-state index contributed by atoms with van der Waals surface area (Å²) in [5, 5.41) is 11.6. The van der Waals surface area contributed by atoms with E-state index in [1.165, 1.54) is 6.20 Å². The van der Waals surface area contributed by atoms with Crippen molar-refractivity contribution in [1.82, 2.24) is 20.3 Å². The Balaban J connectivity index is 1.65. The molecule has 1 aliphatic rings. The minimum Gasteiger partial charge on any atom is -0.471 e. The number of aromatic nitrogens is 3. The van der Waals surface area contributed by atoms with Crippen LogP contribution in [0.4, 0.5) is 0 Å².